The number of guanidine groups is 1. The minimum atomic E-state index is -3.84. The molecule has 4 N–H and O–H groups in total. The normalized spacial score (nSPS) is 11.2. The lowest BCUT2D eigenvalue weighted by atomic mass is 10.1. The fraction of sp³-hybridized carbons (Fsp3) is 0.118. The maximum absolute atomic E-state index is 12.0. The zero-order chi connectivity index (χ0) is 20.5. The van der Waals surface area contributed by atoms with Gasteiger partial charge in [0.2, 0.25) is 5.96 Å². The van der Waals surface area contributed by atoms with Crippen LogP contribution in [0.5, 0.6) is 0 Å². The van der Waals surface area contributed by atoms with Crippen LogP contribution in [0, 0.1) is 6.92 Å². The van der Waals surface area contributed by atoms with E-state index < -0.39 is 22.0 Å². The number of aryl methyl sites for hydroxylation is 1. The first-order chi connectivity index (χ1) is 13.1. The molecule has 0 saturated carbocycles. The van der Waals surface area contributed by atoms with Crippen molar-refractivity contribution in [2.45, 2.75) is 6.92 Å². The average Bonchev–Trinajstić information content (AvgIpc) is 2.96. The summed E-state index contributed by atoms with van der Waals surface area (Å²) in [5.74, 6) is -0.942. The summed E-state index contributed by atoms with van der Waals surface area (Å²) >= 11 is 0. The van der Waals surface area contributed by atoms with Crippen molar-refractivity contribution in [3.05, 3.63) is 53.6 Å². The van der Waals surface area contributed by atoms with Crippen molar-refractivity contribution in [2.75, 3.05) is 6.26 Å². The fourth-order valence-electron chi connectivity index (χ4n) is 2.43. The highest BCUT2D eigenvalue weighted by molar-refractivity contribution is 7.86. The Morgan fingerprint density at radius 1 is 1.14 bits per heavy atom. The first kappa shape index (κ1) is 19.2. The second kappa shape index (κ2) is 7.19. The standard InChI is InChI=1S/C17H17N5O5S/c1-10-3-5-11(6-4-10)15-20-13-9-12(16(23)26-21-17(18)19)7-8-14(13)22(15)27-28(2,24)25/h3-9H,1-2H3,(H4,18,19,21). The van der Waals surface area contributed by atoms with Crippen LogP contribution < -0.4 is 15.8 Å². The van der Waals surface area contributed by atoms with E-state index in [0.29, 0.717) is 16.6 Å². The van der Waals surface area contributed by atoms with Crippen LogP contribution in [-0.4, -0.2) is 36.3 Å². The van der Waals surface area contributed by atoms with Gasteiger partial charge in [-0.05, 0) is 30.3 Å². The summed E-state index contributed by atoms with van der Waals surface area (Å²) in [5.41, 5.74) is 12.7. The molecule has 0 amide bonds. The maximum atomic E-state index is 12.0. The van der Waals surface area contributed by atoms with Crippen molar-refractivity contribution in [1.29, 1.82) is 0 Å². The van der Waals surface area contributed by atoms with Gasteiger partial charge in [-0.25, -0.2) is 9.78 Å². The number of rotatable bonds is 5. The lowest BCUT2D eigenvalue weighted by molar-refractivity contribution is 0.0515. The van der Waals surface area contributed by atoms with Gasteiger partial charge in [0, 0.05) is 5.56 Å². The second-order valence-electron chi connectivity index (χ2n) is 5.97. The van der Waals surface area contributed by atoms with E-state index in [2.05, 4.69) is 15.0 Å². The molecule has 3 rings (SSSR count). The molecule has 0 aliphatic rings. The molecule has 0 atom stereocenters. The Bertz CT molecular complexity index is 1180. The SMILES string of the molecule is Cc1ccc(-c2nc3cc(C(=O)ON=C(N)N)ccc3n2OS(C)(=O)=O)cc1. The zero-order valence-electron chi connectivity index (χ0n) is 15.0. The Morgan fingerprint density at radius 3 is 2.43 bits per heavy atom. The Labute approximate surface area is 160 Å². The summed E-state index contributed by atoms with van der Waals surface area (Å²) in [5, 5.41) is 3.20. The van der Waals surface area contributed by atoms with E-state index in [1.165, 1.54) is 18.2 Å². The third-order valence-electron chi connectivity index (χ3n) is 3.60. The molecule has 11 heteroatoms. The highest BCUT2D eigenvalue weighted by Crippen LogP contribution is 2.25. The lowest BCUT2D eigenvalue weighted by Crippen LogP contribution is -2.23. The summed E-state index contributed by atoms with van der Waals surface area (Å²) in [6, 6.07) is 11.6. The van der Waals surface area contributed by atoms with Gasteiger partial charge in [0.05, 0.1) is 17.3 Å². The number of nitrogens with two attached hydrogens (primary N) is 2. The third kappa shape index (κ3) is 4.20. The molecule has 0 unspecified atom stereocenters. The van der Waals surface area contributed by atoms with Gasteiger partial charge in [0.15, 0.2) is 5.82 Å². The van der Waals surface area contributed by atoms with Crippen molar-refractivity contribution < 1.29 is 22.3 Å². The van der Waals surface area contributed by atoms with Crippen LogP contribution in [0.3, 0.4) is 0 Å². The topological polar surface area (TPSA) is 152 Å². The quantitative estimate of drug-likeness (QED) is 0.274. The molecule has 10 nitrogen and oxygen atoms in total. The number of oxime groups is 1. The molecule has 0 saturated heterocycles. The highest BCUT2D eigenvalue weighted by Gasteiger charge is 2.19. The predicted octanol–water partition coefficient (Wildman–Crippen LogP) is 0.745. The van der Waals surface area contributed by atoms with Gasteiger partial charge < -0.3 is 16.3 Å². The van der Waals surface area contributed by atoms with Crippen LogP contribution in [0.1, 0.15) is 15.9 Å². The van der Waals surface area contributed by atoms with Gasteiger partial charge >= 0.3 is 16.1 Å². The number of imidazole rings is 1. The summed E-state index contributed by atoms with van der Waals surface area (Å²) in [4.78, 5) is 21.0. The van der Waals surface area contributed by atoms with E-state index in [4.69, 9.17) is 15.8 Å². The van der Waals surface area contributed by atoms with E-state index in [0.717, 1.165) is 16.5 Å². The maximum Gasteiger partial charge on any atom is 0.365 e. The van der Waals surface area contributed by atoms with Crippen LogP contribution in [0.25, 0.3) is 22.4 Å². The lowest BCUT2D eigenvalue weighted by Gasteiger charge is -2.08. The van der Waals surface area contributed by atoms with E-state index in [-0.39, 0.29) is 11.4 Å². The monoisotopic (exact) mass is 403 g/mol. The molecule has 0 bridgehead atoms. The molecule has 0 aliphatic heterocycles. The van der Waals surface area contributed by atoms with E-state index in [1.807, 2.05) is 19.1 Å². The third-order valence-corrected chi connectivity index (χ3v) is 4.02. The fourth-order valence-corrected chi connectivity index (χ4v) is 2.85. The Hall–Kier alpha value is -3.60. The van der Waals surface area contributed by atoms with Gasteiger partial charge in [0.1, 0.15) is 5.52 Å². The largest absolute Gasteiger partial charge is 0.367 e. The molecule has 0 radical (unpaired) electrons. The van der Waals surface area contributed by atoms with Gasteiger partial charge in [-0.1, -0.05) is 29.8 Å². The van der Waals surface area contributed by atoms with Gasteiger partial charge in [0.25, 0.3) is 0 Å². The summed E-state index contributed by atoms with van der Waals surface area (Å²) in [7, 11) is -3.84. The van der Waals surface area contributed by atoms with Crippen LogP contribution in [0.2, 0.25) is 0 Å². The van der Waals surface area contributed by atoms with Crippen molar-refractivity contribution in [3.8, 4) is 11.4 Å². The highest BCUT2D eigenvalue weighted by atomic mass is 32.2. The van der Waals surface area contributed by atoms with Crippen LogP contribution >= 0.6 is 0 Å². The average molecular weight is 403 g/mol. The number of carbonyl (C=O) groups excluding carboxylic acids is 1. The molecule has 2 aromatic carbocycles. The number of hydrogen-bond acceptors (Lipinski definition) is 7. The Kier molecular flexibility index (Phi) is 4.92. The smallest absolute Gasteiger partial charge is 0.365 e. The molecule has 1 heterocycles. The number of carbonyl (C=O) groups is 1. The second-order valence-corrected chi connectivity index (χ2v) is 7.53. The molecule has 0 aliphatic carbocycles. The molecule has 3 aromatic rings. The molecular weight excluding hydrogens is 386 g/mol. The van der Waals surface area contributed by atoms with E-state index in [1.54, 1.807) is 12.1 Å². The summed E-state index contributed by atoms with van der Waals surface area (Å²) < 4.78 is 29.6. The zero-order valence-corrected chi connectivity index (χ0v) is 15.8. The molecule has 0 spiro atoms. The van der Waals surface area contributed by atoms with E-state index in [9.17, 15) is 13.2 Å². The number of hydrogen-bond donors (Lipinski definition) is 2. The molecular formula is C17H17N5O5S. The van der Waals surface area contributed by atoms with Crippen molar-refractivity contribution in [3.63, 3.8) is 0 Å². The van der Waals surface area contributed by atoms with Gasteiger partial charge in [-0.2, -0.15) is 8.42 Å². The summed E-state index contributed by atoms with van der Waals surface area (Å²) in [6.45, 7) is 1.92. The first-order valence-electron chi connectivity index (χ1n) is 7.94. The number of aromatic nitrogens is 2. The van der Waals surface area contributed by atoms with Gasteiger partial charge in [-0.3, -0.25) is 4.28 Å². The van der Waals surface area contributed by atoms with Crippen molar-refractivity contribution >= 4 is 33.1 Å². The van der Waals surface area contributed by atoms with Crippen LogP contribution in [-0.2, 0) is 15.0 Å². The summed E-state index contributed by atoms with van der Waals surface area (Å²) in [6.07, 6.45) is 0.929. The number of benzene rings is 2. The number of fused-ring (bicyclic) bond motifs is 1. The minimum absolute atomic E-state index is 0.122. The first-order valence-corrected chi connectivity index (χ1v) is 9.75. The van der Waals surface area contributed by atoms with Crippen LogP contribution in [0.4, 0.5) is 0 Å². The van der Waals surface area contributed by atoms with Gasteiger partial charge in [-0.15, -0.1) is 4.73 Å². The predicted molar refractivity (Wildman–Crippen MR) is 103 cm³/mol. The molecule has 1 aromatic heterocycles. The number of nitrogens with zero attached hydrogens (tertiary/aromatic N) is 3. The van der Waals surface area contributed by atoms with E-state index >= 15 is 0 Å². The molecule has 146 valence electrons. The van der Waals surface area contributed by atoms with Crippen LogP contribution in [0.15, 0.2) is 47.6 Å². The van der Waals surface area contributed by atoms with Crippen molar-refractivity contribution in [1.82, 2.24) is 9.71 Å². The Balaban J connectivity index is 2.13. The van der Waals surface area contributed by atoms with Crippen molar-refractivity contribution in [2.24, 2.45) is 16.6 Å². The molecule has 0 fully saturated rings. The Morgan fingerprint density at radius 2 is 1.82 bits per heavy atom. The minimum Gasteiger partial charge on any atom is -0.367 e. The molecule has 28 heavy (non-hydrogen) atoms.